The summed E-state index contributed by atoms with van der Waals surface area (Å²) in [5.74, 6) is 0. The first-order chi connectivity index (χ1) is 12.1. The van der Waals surface area contributed by atoms with Crippen LogP contribution in [0.5, 0.6) is 0 Å². The lowest BCUT2D eigenvalue weighted by molar-refractivity contribution is 0.131. The lowest BCUT2D eigenvalue weighted by Crippen LogP contribution is -2.45. The van der Waals surface area contributed by atoms with Crippen LogP contribution < -0.4 is 0 Å². The van der Waals surface area contributed by atoms with E-state index >= 15 is 0 Å². The van der Waals surface area contributed by atoms with Crippen molar-refractivity contribution in [2.24, 2.45) is 0 Å². The van der Waals surface area contributed by atoms with Crippen molar-refractivity contribution in [2.45, 2.75) is 18.8 Å². The highest BCUT2D eigenvalue weighted by molar-refractivity contribution is 9.10. The first-order valence-corrected chi connectivity index (χ1v) is 11.0. The fraction of sp³-hybridized carbons (Fsp3) is 0.444. The zero-order chi connectivity index (χ0) is 18.1. The van der Waals surface area contributed by atoms with Crippen molar-refractivity contribution in [1.29, 1.82) is 0 Å². The zero-order valence-corrected chi connectivity index (χ0v) is 19.1. The third kappa shape index (κ3) is 7.83. The van der Waals surface area contributed by atoms with Gasteiger partial charge in [0, 0.05) is 59.4 Å². The van der Waals surface area contributed by atoms with Crippen LogP contribution in [0.15, 0.2) is 45.6 Å². The highest BCUT2D eigenvalue weighted by Gasteiger charge is 2.15. The van der Waals surface area contributed by atoms with Gasteiger partial charge in [-0.3, -0.25) is 14.9 Å². The van der Waals surface area contributed by atoms with E-state index in [1.807, 2.05) is 18.3 Å². The Labute approximate surface area is 175 Å². The molecule has 0 atom stereocenters. The smallest absolute Gasteiger partial charge is 0.0544 e. The lowest BCUT2D eigenvalue weighted by Gasteiger charge is -2.33. The second kappa shape index (κ2) is 11.4. The number of piperazine rings is 1. The molecule has 0 radical (unpaired) electrons. The van der Waals surface area contributed by atoms with Crippen molar-refractivity contribution in [3.05, 3.63) is 57.0 Å². The largest absolute Gasteiger partial charge is 0.301 e. The summed E-state index contributed by atoms with van der Waals surface area (Å²) in [5, 5.41) is 0.820. The van der Waals surface area contributed by atoms with Crippen LogP contribution in [0, 0.1) is 0 Å². The van der Waals surface area contributed by atoms with Gasteiger partial charge >= 0.3 is 0 Å². The number of pyridine rings is 2. The number of hydrogen-bond donors (Lipinski definition) is 0. The Bertz CT molecular complexity index is 611. The molecule has 3 rings (SSSR count). The Morgan fingerprint density at radius 2 is 1.36 bits per heavy atom. The molecule has 1 aliphatic rings. The molecular weight excluding hydrogens is 512 g/mol. The van der Waals surface area contributed by atoms with Gasteiger partial charge in [0.1, 0.15) is 0 Å². The van der Waals surface area contributed by atoms with E-state index in [2.05, 4.69) is 86.6 Å². The van der Waals surface area contributed by atoms with Crippen LogP contribution in [0.1, 0.15) is 18.3 Å². The normalized spacial score (nSPS) is 15.5. The molecule has 0 spiro atoms. The van der Waals surface area contributed by atoms with Gasteiger partial charge in [-0.15, -0.1) is 0 Å². The minimum atomic E-state index is 0.820. The van der Waals surface area contributed by atoms with E-state index in [0.29, 0.717) is 0 Å². The minimum absolute atomic E-state index is 0.820. The lowest BCUT2D eigenvalue weighted by atomic mass is 10.2. The van der Waals surface area contributed by atoms with Crippen LogP contribution in [-0.2, 0) is 11.9 Å². The molecule has 2 aromatic rings. The van der Waals surface area contributed by atoms with Crippen LogP contribution in [0.3, 0.4) is 0 Å². The molecule has 1 fully saturated rings. The number of alkyl halides is 1. The Morgan fingerprint density at radius 1 is 0.840 bits per heavy atom. The van der Waals surface area contributed by atoms with E-state index in [1.54, 1.807) is 6.20 Å². The minimum Gasteiger partial charge on any atom is -0.301 e. The summed E-state index contributed by atoms with van der Waals surface area (Å²) in [7, 11) is 0. The summed E-state index contributed by atoms with van der Waals surface area (Å²) in [5.41, 5.74) is 2.21. The summed E-state index contributed by atoms with van der Waals surface area (Å²) in [6.07, 6.45) is 3.66. The molecule has 0 unspecified atom stereocenters. The fourth-order valence-corrected chi connectivity index (χ4v) is 3.28. The molecule has 4 nitrogen and oxygen atoms in total. The Kier molecular flexibility index (Phi) is 9.55. The van der Waals surface area contributed by atoms with Crippen molar-refractivity contribution < 1.29 is 0 Å². The highest BCUT2D eigenvalue weighted by atomic mass is 79.9. The second-order valence-corrected chi connectivity index (χ2v) is 8.17. The molecule has 25 heavy (non-hydrogen) atoms. The van der Waals surface area contributed by atoms with Gasteiger partial charge in [-0.05, 0) is 62.7 Å². The zero-order valence-electron chi connectivity index (χ0n) is 14.3. The quantitative estimate of drug-likeness (QED) is 0.531. The summed E-state index contributed by atoms with van der Waals surface area (Å²) < 4.78 is 2.07. The highest BCUT2D eigenvalue weighted by Crippen LogP contribution is 2.11. The second-order valence-electron chi connectivity index (χ2n) is 5.78. The van der Waals surface area contributed by atoms with Crippen LogP contribution >= 0.6 is 47.8 Å². The predicted molar refractivity (Wildman–Crippen MR) is 114 cm³/mol. The predicted octanol–water partition coefficient (Wildman–Crippen LogP) is 4.72. The molecule has 1 saturated heterocycles. The standard InChI is InChI=1S/C12H18BrN3.C6H5Br2N/c1-2-15-5-7-16(8-6-15)10-12-4-3-11(13)9-14-12;7-3-6-2-1-5(8)4-9-6/h3-4,9H,2,5-8,10H2,1H3;1-2,4H,3H2. The number of nitrogens with zero attached hydrogens (tertiary/aromatic N) is 4. The van der Waals surface area contributed by atoms with Gasteiger partial charge in [0.25, 0.3) is 0 Å². The maximum atomic E-state index is 4.41. The molecule has 1 aliphatic heterocycles. The van der Waals surface area contributed by atoms with E-state index in [0.717, 1.165) is 45.3 Å². The third-order valence-electron chi connectivity index (χ3n) is 4.01. The fourth-order valence-electron chi connectivity index (χ4n) is 2.48. The molecule has 7 heteroatoms. The van der Waals surface area contributed by atoms with Crippen LogP contribution in [0.4, 0.5) is 0 Å². The van der Waals surface area contributed by atoms with Crippen molar-refractivity contribution in [3.8, 4) is 0 Å². The summed E-state index contributed by atoms with van der Waals surface area (Å²) in [6, 6.07) is 8.10. The number of hydrogen-bond acceptors (Lipinski definition) is 4. The molecule has 0 aliphatic carbocycles. The van der Waals surface area contributed by atoms with E-state index in [-0.39, 0.29) is 0 Å². The Hall–Kier alpha value is -0.340. The number of halogens is 3. The van der Waals surface area contributed by atoms with Crippen LogP contribution in [-0.4, -0.2) is 52.5 Å². The van der Waals surface area contributed by atoms with Crippen molar-refractivity contribution in [1.82, 2.24) is 19.8 Å². The van der Waals surface area contributed by atoms with Crippen molar-refractivity contribution in [2.75, 3.05) is 32.7 Å². The van der Waals surface area contributed by atoms with Crippen LogP contribution in [0.2, 0.25) is 0 Å². The number of likely N-dealkylation sites (N-methyl/N-ethyl adjacent to an activating group) is 1. The molecule has 0 N–H and O–H groups in total. The first-order valence-electron chi connectivity index (χ1n) is 8.32. The van der Waals surface area contributed by atoms with Gasteiger partial charge in [-0.25, -0.2) is 0 Å². The monoisotopic (exact) mass is 532 g/mol. The molecule has 0 amide bonds. The van der Waals surface area contributed by atoms with Crippen molar-refractivity contribution >= 4 is 47.8 Å². The van der Waals surface area contributed by atoms with Gasteiger partial charge in [-0.2, -0.15) is 0 Å². The molecule has 0 aromatic carbocycles. The Morgan fingerprint density at radius 3 is 1.80 bits per heavy atom. The van der Waals surface area contributed by atoms with E-state index in [9.17, 15) is 0 Å². The van der Waals surface area contributed by atoms with Gasteiger partial charge in [-0.1, -0.05) is 22.9 Å². The average Bonchev–Trinajstić information content (AvgIpc) is 2.65. The number of rotatable bonds is 4. The van der Waals surface area contributed by atoms with Gasteiger partial charge in [0.2, 0.25) is 0 Å². The maximum absolute atomic E-state index is 4.41. The van der Waals surface area contributed by atoms with E-state index < -0.39 is 0 Å². The molecular formula is C18H23Br3N4. The summed E-state index contributed by atoms with van der Waals surface area (Å²) in [4.78, 5) is 13.5. The summed E-state index contributed by atoms with van der Waals surface area (Å²) >= 11 is 10.0. The van der Waals surface area contributed by atoms with Gasteiger partial charge in [0.05, 0.1) is 11.4 Å². The molecule has 0 bridgehead atoms. The van der Waals surface area contributed by atoms with E-state index in [4.69, 9.17) is 0 Å². The number of aromatic nitrogens is 2. The average molecular weight is 535 g/mol. The molecule has 136 valence electrons. The maximum Gasteiger partial charge on any atom is 0.0544 e. The molecule has 2 aromatic heterocycles. The SMILES string of the molecule is BrCc1ccc(Br)cn1.CCN1CCN(Cc2ccc(Br)cn2)CC1. The third-order valence-corrected chi connectivity index (χ3v) is 5.52. The Balaban J connectivity index is 0.000000212. The summed E-state index contributed by atoms with van der Waals surface area (Å²) in [6.45, 7) is 9.07. The molecule has 3 heterocycles. The van der Waals surface area contributed by atoms with Crippen LogP contribution in [0.25, 0.3) is 0 Å². The first kappa shape index (κ1) is 21.0. The van der Waals surface area contributed by atoms with E-state index in [1.165, 1.54) is 19.6 Å². The van der Waals surface area contributed by atoms with Gasteiger partial charge in [0.15, 0.2) is 0 Å². The molecule has 0 saturated carbocycles. The van der Waals surface area contributed by atoms with Gasteiger partial charge < -0.3 is 4.90 Å². The topological polar surface area (TPSA) is 32.3 Å². The van der Waals surface area contributed by atoms with Crippen molar-refractivity contribution in [3.63, 3.8) is 0 Å².